The fourth-order valence-electron chi connectivity index (χ4n) is 0.687. The lowest BCUT2D eigenvalue weighted by molar-refractivity contribution is -0.148. The Labute approximate surface area is 65.8 Å². The van der Waals surface area contributed by atoms with Crippen LogP contribution in [0.2, 0.25) is 0 Å². The van der Waals surface area contributed by atoms with Gasteiger partial charge >= 0.3 is 5.97 Å². The smallest absolute Gasteiger partial charge is 0.334 e. The van der Waals surface area contributed by atoms with Crippen molar-refractivity contribution in [2.24, 2.45) is 0 Å². The molecule has 0 heterocycles. The van der Waals surface area contributed by atoms with Crippen molar-refractivity contribution in [1.29, 1.82) is 0 Å². The molecule has 0 bridgehead atoms. The van der Waals surface area contributed by atoms with Gasteiger partial charge in [-0.15, -0.1) is 0 Å². The minimum atomic E-state index is -1.23. The van der Waals surface area contributed by atoms with Gasteiger partial charge in [-0.3, -0.25) is 4.79 Å². The number of amides is 1. The summed E-state index contributed by atoms with van der Waals surface area (Å²) >= 11 is 0. The molecule has 0 aromatic heterocycles. The second-order valence-corrected chi connectivity index (χ2v) is 2.37. The first kappa shape index (κ1) is 9.94. The molecule has 0 aromatic carbocycles. The van der Waals surface area contributed by atoms with Crippen LogP contribution in [-0.2, 0) is 14.7 Å². The molecular weight excluding hydrogens is 146 g/mol. The van der Waals surface area contributed by atoms with Gasteiger partial charge in [0.15, 0.2) is 0 Å². The normalized spacial score (nSPS) is 9.27. The molecule has 1 radical (unpaired) electrons. The van der Waals surface area contributed by atoms with Crippen LogP contribution in [0.25, 0.3) is 0 Å². The van der Waals surface area contributed by atoms with Crippen molar-refractivity contribution in [3.63, 3.8) is 0 Å². The van der Waals surface area contributed by atoms with Crippen molar-refractivity contribution >= 4 is 11.9 Å². The third-order valence-corrected chi connectivity index (χ3v) is 1.26. The van der Waals surface area contributed by atoms with Crippen LogP contribution in [0.3, 0.4) is 0 Å². The Morgan fingerprint density at radius 3 is 2.27 bits per heavy atom. The molecule has 0 aromatic rings. The first-order valence-electron chi connectivity index (χ1n) is 3.51. The van der Waals surface area contributed by atoms with Crippen LogP contribution in [-0.4, -0.2) is 30.4 Å². The van der Waals surface area contributed by atoms with Gasteiger partial charge < -0.3 is 4.90 Å². The fourth-order valence-corrected chi connectivity index (χ4v) is 0.687. The number of nitrogens with zero attached hydrogens (tertiary/aromatic N) is 1. The first-order valence-corrected chi connectivity index (χ1v) is 3.51. The predicted octanol–water partition coefficient (Wildman–Crippen LogP) is 0.202. The van der Waals surface area contributed by atoms with Crippen LogP contribution in [0.5, 0.6) is 0 Å². The summed E-state index contributed by atoms with van der Waals surface area (Å²) in [4.78, 5) is 22.1. The second kappa shape index (κ2) is 4.71. The molecule has 0 aliphatic heterocycles. The average Bonchev–Trinajstić information content (AvgIpc) is 1.86. The topological polar surface area (TPSA) is 57.3 Å². The maximum absolute atomic E-state index is 10.9. The van der Waals surface area contributed by atoms with Gasteiger partial charge in [-0.05, 0) is 6.42 Å². The summed E-state index contributed by atoms with van der Waals surface area (Å²) in [7, 11) is 1.45. The van der Waals surface area contributed by atoms with Crippen LogP contribution < -0.4 is 0 Å². The van der Waals surface area contributed by atoms with Gasteiger partial charge in [0.05, 0.1) is 0 Å². The monoisotopic (exact) mass is 158 g/mol. The van der Waals surface area contributed by atoms with Crippen molar-refractivity contribution in [3.8, 4) is 0 Å². The minimum absolute atomic E-state index is 0.156. The number of likely N-dealkylation sites (N-methyl/N-ethyl adjacent to an activating group) is 1. The molecule has 0 fully saturated rings. The first-order chi connectivity index (χ1) is 5.07. The van der Waals surface area contributed by atoms with E-state index in [-0.39, 0.29) is 12.5 Å². The lowest BCUT2D eigenvalue weighted by Crippen LogP contribution is -2.31. The Kier molecular flexibility index (Phi) is 4.26. The molecule has 0 saturated heterocycles. The van der Waals surface area contributed by atoms with Crippen LogP contribution in [0.4, 0.5) is 0 Å². The standard InChI is InChI=1S/C7H12NO3/c1-3-4-6(9)8(2)5-7(10)11/h3-5H2,1-2H3. The van der Waals surface area contributed by atoms with E-state index in [0.717, 1.165) is 11.3 Å². The number of carbonyl (C=O) groups is 2. The summed E-state index contributed by atoms with van der Waals surface area (Å²) in [5.74, 6) is -1.38. The Morgan fingerprint density at radius 2 is 1.91 bits per heavy atom. The molecule has 11 heavy (non-hydrogen) atoms. The van der Waals surface area contributed by atoms with Gasteiger partial charge in [0.1, 0.15) is 6.54 Å². The lowest BCUT2D eigenvalue weighted by atomic mass is 10.3. The molecule has 63 valence electrons. The maximum Gasteiger partial charge on any atom is 0.374 e. The highest BCUT2D eigenvalue weighted by Gasteiger charge is 2.11. The molecule has 0 aliphatic rings. The molecule has 0 saturated carbocycles. The SMILES string of the molecule is CCCC(=O)N(C)CC([O])=O. The van der Waals surface area contributed by atoms with Crippen LogP contribution in [0.1, 0.15) is 19.8 Å². The summed E-state index contributed by atoms with van der Waals surface area (Å²) in [5, 5.41) is 10.0. The predicted molar refractivity (Wildman–Crippen MR) is 38.2 cm³/mol. The Balaban J connectivity index is 3.73. The Morgan fingerprint density at radius 1 is 1.36 bits per heavy atom. The molecule has 0 rings (SSSR count). The molecule has 0 spiro atoms. The van der Waals surface area contributed by atoms with E-state index in [9.17, 15) is 14.7 Å². The third kappa shape index (κ3) is 4.36. The van der Waals surface area contributed by atoms with E-state index >= 15 is 0 Å². The molecule has 4 nitrogen and oxygen atoms in total. The largest absolute Gasteiger partial charge is 0.374 e. The van der Waals surface area contributed by atoms with Crippen molar-refractivity contribution in [1.82, 2.24) is 4.90 Å². The lowest BCUT2D eigenvalue weighted by Gasteiger charge is -2.12. The number of rotatable bonds is 4. The van der Waals surface area contributed by atoms with Gasteiger partial charge in [0.25, 0.3) is 0 Å². The highest BCUT2D eigenvalue weighted by atomic mass is 16.4. The quantitative estimate of drug-likeness (QED) is 0.587. The van der Waals surface area contributed by atoms with E-state index in [0.29, 0.717) is 6.42 Å². The third-order valence-electron chi connectivity index (χ3n) is 1.26. The van der Waals surface area contributed by atoms with E-state index in [1.807, 2.05) is 6.92 Å². The van der Waals surface area contributed by atoms with Crippen LogP contribution >= 0.6 is 0 Å². The molecule has 0 aliphatic carbocycles. The zero-order valence-electron chi connectivity index (χ0n) is 6.79. The molecule has 1 amide bonds. The van der Waals surface area contributed by atoms with Gasteiger partial charge in [-0.2, -0.15) is 0 Å². The molecular formula is C7H12NO3. The summed E-state index contributed by atoms with van der Waals surface area (Å²) in [5.41, 5.74) is 0. The Bertz CT molecular complexity index is 156. The fraction of sp³-hybridized carbons (Fsp3) is 0.714. The van der Waals surface area contributed by atoms with Crippen molar-refractivity contribution < 1.29 is 14.7 Å². The minimum Gasteiger partial charge on any atom is -0.334 e. The number of hydrogen-bond donors (Lipinski definition) is 0. The summed E-state index contributed by atoms with van der Waals surface area (Å²) in [6, 6.07) is 0. The molecule has 4 heteroatoms. The van der Waals surface area contributed by atoms with Gasteiger partial charge in [-0.1, -0.05) is 6.92 Å². The van der Waals surface area contributed by atoms with E-state index in [2.05, 4.69) is 0 Å². The average molecular weight is 158 g/mol. The van der Waals surface area contributed by atoms with Crippen molar-refractivity contribution in [3.05, 3.63) is 0 Å². The van der Waals surface area contributed by atoms with E-state index in [1.54, 1.807) is 0 Å². The summed E-state index contributed by atoms with van der Waals surface area (Å²) in [6.07, 6.45) is 1.13. The maximum atomic E-state index is 10.9. The second-order valence-electron chi connectivity index (χ2n) is 2.37. The van der Waals surface area contributed by atoms with Crippen LogP contribution in [0, 0.1) is 0 Å². The van der Waals surface area contributed by atoms with Gasteiger partial charge in [0.2, 0.25) is 5.91 Å². The molecule has 0 atom stereocenters. The summed E-state index contributed by atoms with van der Waals surface area (Å²) in [6.45, 7) is 1.55. The zero-order valence-corrected chi connectivity index (χ0v) is 6.79. The van der Waals surface area contributed by atoms with Gasteiger partial charge in [0, 0.05) is 13.5 Å². The van der Waals surface area contributed by atoms with Crippen molar-refractivity contribution in [2.75, 3.05) is 13.6 Å². The highest BCUT2D eigenvalue weighted by Crippen LogP contribution is 1.93. The number of hydrogen-bond acceptors (Lipinski definition) is 2. The highest BCUT2D eigenvalue weighted by molar-refractivity contribution is 5.80. The zero-order chi connectivity index (χ0) is 8.85. The van der Waals surface area contributed by atoms with Gasteiger partial charge in [-0.25, -0.2) is 9.90 Å². The Hall–Kier alpha value is -1.06. The van der Waals surface area contributed by atoms with Crippen LogP contribution in [0.15, 0.2) is 0 Å². The number of carbonyl (C=O) groups excluding carboxylic acids is 2. The van der Waals surface area contributed by atoms with E-state index in [4.69, 9.17) is 0 Å². The van der Waals surface area contributed by atoms with E-state index < -0.39 is 5.97 Å². The summed E-state index contributed by atoms with van der Waals surface area (Å²) < 4.78 is 0. The molecule has 0 N–H and O–H groups in total. The van der Waals surface area contributed by atoms with Crippen molar-refractivity contribution in [2.45, 2.75) is 19.8 Å². The van der Waals surface area contributed by atoms with E-state index in [1.165, 1.54) is 7.05 Å². The molecule has 0 unspecified atom stereocenters.